The first-order valence-electron chi connectivity index (χ1n) is 6.70. The Kier molecular flexibility index (Phi) is 4.86. The lowest BCUT2D eigenvalue weighted by Gasteiger charge is -2.09. The Morgan fingerprint density at radius 2 is 1.68 bits per heavy atom. The Balaban J connectivity index is 2.16. The predicted octanol–water partition coefficient (Wildman–Crippen LogP) is 5.49. The number of aryl methyl sites for hydroxylation is 1. The maximum Gasteiger partial charge on any atom is 0.137 e. The average molecular weight is 275 g/mol. The SMILES string of the molecule is CCCCOc1ccc(-c2ccc(C)cc2)cc1Cl. The monoisotopic (exact) mass is 274 g/mol. The summed E-state index contributed by atoms with van der Waals surface area (Å²) in [7, 11) is 0. The van der Waals surface area contributed by atoms with E-state index in [-0.39, 0.29) is 0 Å². The Hall–Kier alpha value is -1.47. The third-order valence-corrected chi connectivity index (χ3v) is 3.37. The highest BCUT2D eigenvalue weighted by Crippen LogP contribution is 2.30. The number of rotatable bonds is 5. The van der Waals surface area contributed by atoms with E-state index in [1.807, 2.05) is 12.1 Å². The first-order chi connectivity index (χ1) is 9.20. The Bertz CT molecular complexity index is 531. The number of halogens is 1. The molecule has 0 aliphatic heterocycles. The van der Waals surface area contributed by atoms with Crippen LogP contribution >= 0.6 is 11.6 Å². The van der Waals surface area contributed by atoms with E-state index in [4.69, 9.17) is 16.3 Å². The smallest absolute Gasteiger partial charge is 0.137 e. The molecule has 0 saturated heterocycles. The van der Waals surface area contributed by atoms with Crippen LogP contribution in [0.25, 0.3) is 11.1 Å². The Labute approximate surface area is 120 Å². The largest absolute Gasteiger partial charge is 0.492 e. The van der Waals surface area contributed by atoms with Gasteiger partial charge in [0.15, 0.2) is 0 Å². The highest BCUT2D eigenvalue weighted by molar-refractivity contribution is 6.32. The van der Waals surface area contributed by atoms with Gasteiger partial charge in [0.2, 0.25) is 0 Å². The maximum absolute atomic E-state index is 6.26. The third-order valence-electron chi connectivity index (χ3n) is 3.07. The van der Waals surface area contributed by atoms with Crippen molar-refractivity contribution in [2.75, 3.05) is 6.61 Å². The molecule has 2 aromatic carbocycles. The van der Waals surface area contributed by atoms with Gasteiger partial charge in [-0.3, -0.25) is 0 Å². The fraction of sp³-hybridized carbons (Fsp3) is 0.294. The molecule has 0 unspecified atom stereocenters. The highest BCUT2D eigenvalue weighted by atomic mass is 35.5. The topological polar surface area (TPSA) is 9.23 Å². The molecule has 0 atom stereocenters. The summed E-state index contributed by atoms with van der Waals surface area (Å²) in [5.74, 6) is 0.769. The normalized spacial score (nSPS) is 10.5. The zero-order valence-electron chi connectivity index (χ0n) is 11.4. The van der Waals surface area contributed by atoms with Crippen LogP contribution in [-0.2, 0) is 0 Å². The number of hydrogen-bond donors (Lipinski definition) is 0. The zero-order valence-corrected chi connectivity index (χ0v) is 12.2. The second-order valence-electron chi connectivity index (χ2n) is 4.71. The van der Waals surface area contributed by atoms with Gasteiger partial charge in [0.1, 0.15) is 5.75 Å². The minimum atomic E-state index is 0.675. The highest BCUT2D eigenvalue weighted by Gasteiger charge is 2.04. The van der Waals surface area contributed by atoms with Gasteiger partial charge in [-0.2, -0.15) is 0 Å². The quantitative estimate of drug-likeness (QED) is 0.655. The Morgan fingerprint density at radius 3 is 2.32 bits per heavy atom. The molecule has 0 heterocycles. The second kappa shape index (κ2) is 6.63. The van der Waals surface area contributed by atoms with Crippen molar-refractivity contribution in [1.82, 2.24) is 0 Å². The molecule has 0 saturated carbocycles. The molecule has 0 aromatic heterocycles. The standard InChI is InChI=1S/C17H19ClO/c1-3-4-11-19-17-10-9-15(12-16(17)18)14-7-5-13(2)6-8-14/h5-10,12H,3-4,11H2,1-2H3. The van der Waals surface area contributed by atoms with Crippen molar-refractivity contribution in [2.45, 2.75) is 26.7 Å². The molecular formula is C17H19ClO. The first kappa shape index (κ1) is 14.0. The van der Waals surface area contributed by atoms with E-state index in [9.17, 15) is 0 Å². The van der Waals surface area contributed by atoms with E-state index in [2.05, 4.69) is 44.2 Å². The number of benzene rings is 2. The van der Waals surface area contributed by atoms with Gasteiger partial charge in [0.05, 0.1) is 11.6 Å². The summed E-state index contributed by atoms with van der Waals surface area (Å²) < 4.78 is 5.66. The van der Waals surface area contributed by atoms with E-state index >= 15 is 0 Å². The minimum Gasteiger partial charge on any atom is -0.492 e. The van der Waals surface area contributed by atoms with Gasteiger partial charge in [-0.25, -0.2) is 0 Å². The van der Waals surface area contributed by atoms with Crippen LogP contribution in [0, 0.1) is 6.92 Å². The van der Waals surface area contributed by atoms with E-state index in [0.29, 0.717) is 5.02 Å². The van der Waals surface area contributed by atoms with Crippen LogP contribution in [0.5, 0.6) is 5.75 Å². The molecule has 0 fully saturated rings. The van der Waals surface area contributed by atoms with Crippen molar-refractivity contribution in [1.29, 1.82) is 0 Å². The molecule has 1 nitrogen and oxygen atoms in total. The van der Waals surface area contributed by atoms with Gasteiger partial charge >= 0.3 is 0 Å². The van der Waals surface area contributed by atoms with Crippen LogP contribution in [0.15, 0.2) is 42.5 Å². The average Bonchev–Trinajstić information content (AvgIpc) is 2.42. The summed E-state index contributed by atoms with van der Waals surface area (Å²) in [6.45, 7) is 4.95. The number of ether oxygens (including phenoxy) is 1. The van der Waals surface area contributed by atoms with Crippen LogP contribution in [-0.4, -0.2) is 6.61 Å². The van der Waals surface area contributed by atoms with E-state index in [1.165, 1.54) is 11.1 Å². The van der Waals surface area contributed by atoms with Crippen molar-refractivity contribution >= 4 is 11.6 Å². The summed E-state index contributed by atoms with van der Waals surface area (Å²) in [6, 6.07) is 14.4. The summed E-state index contributed by atoms with van der Waals surface area (Å²) in [5.41, 5.74) is 3.55. The molecule has 0 radical (unpaired) electrons. The summed E-state index contributed by atoms with van der Waals surface area (Å²) in [4.78, 5) is 0. The van der Waals surface area contributed by atoms with Crippen LogP contribution < -0.4 is 4.74 Å². The lowest BCUT2D eigenvalue weighted by atomic mass is 10.0. The molecule has 19 heavy (non-hydrogen) atoms. The molecule has 2 aromatic rings. The minimum absolute atomic E-state index is 0.675. The summed E-state index contributed by atoms with van der Waals surface area (Å²) in [6.07, 6.45) is 2.18. The van der Waals surface area contributed by atoms with Gasteiger partial charge in [0, 0.05) is 0 Å². The molecule has 100 valence electrons. The molecule has 0 bridgehead atoms. The van der Waals surface area contributed by atoms with E-state index in [1.54, 1.807) is 0 Å². The summed E-state index contributed by atoms with van der Waals surface area (Å²) >= 11 is 6.26. The van der Waals surface area contributed by atoms with Gasteiger partial charge in [-0.1, -0.05) is 60.8 Å². The lowest BCUT2D eigenvalue weighted by Crippen LogP contribution is -1.96. The molecule has 0 aliphatic rings. The van der Waals surface area contributed by atoms with Gasteiger partial charge < -0.3 is 4.74 Å². The second-order valence-corrected chi connectivity index (χ2v) is 5.12. The van der Waals surface area contributed by atoms with E-state index < -0.39 is 0 Å². The molecule has 0 N–H and O–H groups in total. The van der Waals surface area contributed by atoms with Crippen LogP contribution in [0.2, 0.25) is 5.02 Å². The molecule has 0 spiro atoms. The van der Waals surface area contributed by atoms with Crippen molar-refractivity contribution in [3.05, 3.63) is 53.1 Å². The lowest BCUT2D eigenvalue weighted by molar-refractivity contribution is 0.309. The van der Waals surface area contributed by atoms with Crippen LogP contribution in [0.3, 0.4) is 0 Å². The maximum atomic E-state index is 6.26. The van der Waals surface area contributed by atoms with Gasteiger partial charge in [-0.15, -0.1) is 0 Å². The number of unbranched alkanes of at least 4 members (excludes halogenated alkanes) is 1. The molecule has 2 heteroatoms. The van der Waals surface area contributed by atoms with Gasteiger partial charge in [0.25, 0.3) is 0 Å². The third kappa shape index (κ3) is 3.74. The van der Waals surface area contributed by atoms with E-state index in [0.717, 1.165) is 30.8 Å². The van der Waals surface area contributed by atoms with Crippen molar-refractivity contribution in [3.8, 4) is 16.9 Å². The predicted molar refractivity (Wildman–Crippen MR) is 82.0 cm³/mol. The van der Waals surface area contributed by atoms with Crippen LogP contribution in [0.1, 0.15) is 25.3 Å². The van der Waals surface area contributed by atoms with Crippen LogP contribution in [0.4, 0.5) is 0 Å². The molecule has 0 amide bonds. The number of hydrogen-bond acceptors (Lipinski definition) is 1. The van der Waals surface area contributed by atoms with Gasteiger partial charge in [-0.05, 0) is 36.6 Å². The van der Waals surface area contributed by atoms with Crippen molar-refractivity contribution in [3.63, 3.8) is 0 Å². The van der Waals surface area contributed by atoms with Crippen molar-refractivity contribution < 1.29 is 4.74 Å². The first-order valence-corrected chi connectivity index (χ1v) is 7.08. The zero-order chi connectivity index (χ0) is 13.7. The fourth-order valence-corrected chi connectivity index (χ4v) is 2.11. The summed E-state index contributed by atoms with van der Waals surface area (Å²) in [5, 5.41) is 0.675. The molecule has 2 rings (SSSR count). The van der Waals surface area contributed by atoms with Crippen molar-refractivity contribution in [2.24, 2.45) is 0 Å². The molecule has 0 aliphatic carbocycles. The molecular weight excluding hydrogens is 256 g/mol. The fourth-order valence-electron chi connectivity index (χ4n) is 1.87. The Morgan fingerprint density at radius 1 is 1.00 bits per heavy atom.